The quantitative estimate of drug-likeness (QED) is 0.463. The van der Waals surface area contributed by atoms with Crippen molar-refractivity contribution in [3.8, 4) is 5.75 Å². The van der Waals surface area contributed by atoms with Gasteiger partial charge in [-0.1, -0.05) is 31.9 Å². The third-order valence-corrected chi connectivity index (χ3v) is 4.52. The standard InChI is InChI=1S/C22H26O4/c1-2-3-4-8-20(23)19-13-14-21(24)18(15-19)7-5-6-16-9-11-17(12-10-16)22(25)26/h9-15,24H,2-8H2,1H3,(H,25,26). The van der Waals surface area contributed by atoms with Gasteiger partial charge in [0.05, 0.1) is 5.56 Å². The lowest BCUT2D eigenvalue weighted by atomic mass is 9.98. The fraction of sp³-hybridized carbons (Fsp3) is 0.364. The van der Waals surface area contributed by atoms with E-state index in [1.54, 1.807) is 30.3 Å². The van der Waals surface area contributed by atoms with Gasteiger partial charge in [0.1, 0.15) is 5.75 Å². The zero-order valence-corrected chi connectivity index (χ0v) is 15.2. The van der Waals surface area contributed by atoms with E-state index in [2.05, 4.69) is 6.92 Å². The lowest BCUT2D eigenvalue weighted by Gasteiger charge is -2.08. The number of aryl methyl sites for hydroxylation is 2. The number of ketones is 1. The molecule has 138 valence electrons. The largest absolute Gasteiger partial charge is 0.508 e. The third-order valence-electron chi connectivity index (χ3n) is 4.52. The van der Waals surface area contributed by atoms with Crippen LogP contribution in [0.3, 0.4) is 0 Å². The SMILES string of the molecule is CCCCCC(=O)c1ccc(O)c(CCCc2ccc(C(=O)O)cc2)c1. The molecule has 0 radical (unpaired) electrons. The van der Waals surface area contributed by atoms with E-state index in [1.165, 1.54) is 0 Å². The summed E-state index contributed by atoms with van der Waals surface area (Å²) in [6.45, 7) is 2.11. The van der Waals surface area contributed by atoms with Crippen molar-refractivity contribution in [3.63, 3.8) is 0 Å². The van der Waals surface area contributed by atoms with Gasteiger partial charge < -0.3 is 10.2 Å². The van der Waals surface area contributed by atoms with Crippen LogP contribution < -0.4 is 0 Å². The molecule has 0 aliphatic rings. The first kappa shape index (κ1) is 19.7. The number of Topliss-reactive ketones (excluding diaryl/α,β-unsaturated/α-hetero) is 1. The molecule has 0 unspecified atom stereocenters. The summed E-state index contributed by atoms with van der Waals surface area (Å²) in [4.78, 5) is 23.1. The van der Waals surface area contributed by atoms with Gasteiger partial charge in [-0.05, 0) is 67.1 Å². The highest BCUT2D eigenvalue weighted by Crippen LogP contribution is 2.22. The van der Waals surface area contributed by atoms with Gasteiger partial charge in [0.15, 0.2) is 5.78 Å². The Balaban J connectivity index is 1.93. The normalized spacial score (nSPS) is 10.7. The summed E-state index contributed by atoms with van der Waals surface area (Å²) in [5.41, 5.74) is 2.79. The smallest absolute Gasteiger partial charge is 0.335 e. The molecule has 26 heavy (non-hydrogen) atoms. The Bertz CT molecular complexity index is 747. The first-order chi connectivity index (χ1) is 12.5. The molecule has 2 rings (SSSR count). The molecule has 0 bridgehead atoms. The highest BCUT2D eigenvalue weighted by Gasteiger charge is 2.10. The minimum Gasteiger partial charge on any atom is -0.508 e. The Morgan fingerprint density at radius 1 is 0.885 bits per heavy atom. The highest BCUT2D eigenvalue weighted by molar-refractivity contribution is 5.96. The first-order valence-corrected chi connectivity index (χ1v) is 9.18. The number of carboxylic acids is 1. The van der Waals surface area contributed by atoms with Crippen LogP contribution in [0, 0.1) is 0 Å². The van der Waals surface area contributed by atoms with E-state index in [0.29, 0.717) is 18.4 Å². The molecule has 0 fully saturated rings. The number of carbonyl (C=O) groups is 2. The molecule has 0 spiro atoms. The van der Waals surface area contributed by atoms with Crippen LogP contribution in [0.2, 0.25) is 0 Å². The Labute approximate surface area is 154 Å². The van der Waals surface area contributed by atoms with Crippen molar-refractivity contribution in [3.05, 3.63) is 64.7 Å². The van der Waals surface area contributed by atoms with E-state index in [9.17, 15) is 14.7 Å². The maximum atomic E-state index is 12.2. The van der Waals surface area contributed by atoms with Crippen molar-refractivity contribution in [2.75, 3.05) is 0 Å². The molecule has 4 nitrogen and oxygen atoms in total. The maximum Gasteiger partial charge on any atom is 0.335 e. The lowest BCUT2D eigenvalue weighted by Crippen LogP contribution is -2.01. The number of hydrogen-bond acceptors (Lipinski definition) is 3. The van der Waals surface area contributed by atoms with E-state index in [-0.39, 0.29) is 17.1 Å². The Kier molecular flexibility index (Phi) is 7.39. The van der Waals surface area contributed by atoms with Crippen LogP contribution in [0.25, 0.3) is 0 Å². The van der Waals surface area contributed by atoms with Gasteiger partial charge in [0.25, 0.3) is 0 Å². The molecule has 0 aliphatic heterocycles. The summed E-state index contributed by atoms with van der Waals surface area (Å²) in [6.07, 6.45) is 5.86. The van der Waals surface area contributed by atoms with Crippen molar-refractivity contribution in [1.82, 2.24) is 0 Å². The lowest BCUT2D eigenvalue weighted by molar-refractivity contribution is 0.0696. The van der Waals surface area contributed by atoms with Crippen molar-refractivity contribution >= 4 is 11.8 Å². The number of benzene rings is 2. The van der Waals surface area contributed by atoms with Crippen LogP contribution in [-0.4, -0.2) is 22.0 Å². The molecule has 0 aliphatic carbocycles. The van der Waals surface area contributed by atoms with Crippen molar-refractivity contribution in [2.45, 2.75) is 51.9 Å². The average Bonchev–Trinajstić information content (AvgIpc) is 2.63. The minimum absolute atomic E-state index is 0.129. The van der Waals surface area contributed by atoms with E-state index in [0.717, 1.165) is 43.2 Å². The number of aromatic hydroxyl groups is 1. The van der Waals surface area contributed by atoms with E-state index < -0.39 is 5.97 Å². The molecular formula is C22H26O4. The number of phenolic OH excluding ortho intramolecular Hbond substituents is 1. The van der Waals surface area contributed by atoms with E-state index in [1.807, 2.05) is 12.1 Å². The number of phenols is 1. The summed E-state index contributed by atoms with van der Waals surface area (Å²) in [5, 5.41) is 19.0. The number of rotatable bonds is 10. The molecule has 0 saturated heterocycles. The second-order valence-electron chi connectivity index (χ2n) is 6.58. The van der Waals surface area contributed by atoms with Gasteiger partial charge in [0.2, 0.25) is 0 Å². The summed E-state index contributed by atoms with van der Waals surface area (Å²) in [6, 6.07) is 11.9. The Hall–Kier alpha value is -2.62. The Morgan fingerprint density at radius 3 is 2.23 bits per heavy atom. The number of hydrogen-bond donors (Lipinski definition) is 2. The number of carboxylic acid groups (broad SMARTS) is 1. The van der Waals surface area contributed by atoms with Crippen LogP contribution in [0.1, 0.15) is 70.9 Å². The minimum atomic E-state index is -0.929. The molecule has 0 aromatic heterocycles. The van der Waals surface area contributed by atoms with Gasteiger partial charge in [0, 0.05) is 12.0 Å². The first-order valence-electron chi connectivity index (χ1n) is 9.18. The number of aromatic carboxylic acids is 1. The molecule has 0 saturated carbocycles. The van der Waals surface area contributed by atoms with Crippen molar-refractivity contribution in [2.24, 2.45) is 0 Å². The predicted octanol–water partition coefficient (Wildman–Crippen LogP) is 5.03. The fourth-order valence-electron chi connectivity index (χ4n) is 2.94. The highest BCUT2D eigenvalue weighted by atomic mass is 16.4. The number of unbranched alkanes of at least 4 members (excludes halogenated alkanes) is 2. The van der Waals surface area contributed by atoms with Gasteiger partial charge in [-0.2, -0.15) is 0 Å². The molecule has 2 aromatic rings. The van der Waals surface area contributed by atoms with Crippen LogP contribution in [0.4, 0.5) is 0 Å². The summed E-state index contributed by atoms with van der Waals surface area (Å²) in [7, 11) is 0. The molecular weight excluding hydrogens is 328 g/mol. The van der Waals surface area contributed by atoms with Crippen LogP contribution in [0.5, 0.6) is 5.75 Å². The average molecular weight is 354 g/mol. The second kappa shape index (κ2) is 9.76. The van der Waals surface area contributed by atoms with Crippen LogP contribution in [-0.2, 0) is 12.8 Å². The molecule has 4 heteroatoms. The maximum absolute atomic E-state index is 12.2. The molecule has 0 amide bonds. The third kappa shape index (κ3) is 5.73. The van der Waals surface area contributed by atoms with Gasteiger partial charge in [-0.3, -0.25) is 4.79 Å². The van der Waals surface area contributed by atoms with Gasteiger partial charge in [-0.15, -0.1) is 0 Å². The zero-order chi connectivity index (χ0) is 18.9. The van der Waals surface area contributed by atoms with Crippen LogP contribution in [0.15, 0.2) is 42.5 Å². The summed E-state index contributed by atoms with van der Waals surface area (Å²) < 4.78 is 0. The zero-order valence-electron chi connectivity index (χ0n) is 15.2. The monoisotopic (exact) mass is 354 g/mol. The Morgan fingerprint density at radius 2 is 1.58 bits per heavy atom. The summed E-state index contributed by atoms with van der Waals surface area (Å²) >= 11 is 0. The second-order valence-corrected chi connectivity index (χ2v) is 6.58. The topological polar surface area (TPSA) is 74.6 Å². The van der Waals surface area contributed by atoms with Gasteiger partial charge >= 0.3 is 5.97 Å². The summed E-state index contributed by atoms with van der Waals surface area (Å²) in [5.74, 6) is -0.581. The van der Waals surface area contributed by atoms with E-state index >= 15 is 0 Å². The molecule has 2 N–H and O–H groups in total. The number of carbonyl (C=O) groups excluding carboxylic acids is 1. The van der Waals surface area contributed by atoms with E-state index in [4.69, 9.17) is 5.11 Å². The molecule has 2 aromatic carbocycles. The fourth-order valence-corrected chi connectivity index (χ4v) is 2.94. The van der Waals surface area contributed by atoms with Gasteiger partial charge in [-0.25, -0.2) is 4.79 Å². The molecule has 0 heterocycles. The predicted molar refractivity (Wildman–Crippen MR) is 102 cm³/mol. The van der Waals surface area contributed by atoms with Crippen molar-refractivity contribution < 1.29 is 19.8 Å². The van der Waals surface area contributed by atoms with Crippen LogP contribution >= 0.6 is 0 Å². The van der Waals surface area contributed by atoms with Crippen molar-refractivity contribution in [1.29, 1.82) is 0 Å². The molecule has 0 atom stereocenters.